The first kappa shape index (κ1) is 32.0. The van der Waals surface area contributed by atoms with Gasteiger partial charge in [-0.3, -0.25) is 23.2 Å². The number of rotatable bonds is 11. The number of esters is 1. The molecule has 1 aliphatic rings. The first-order chi connectivity index (χ1) is 17.4. The molecule has 14 nitrogen and oxygen atoms in total. The number of hydrogen-bond donors (Lipinski definition) is 5. The van der Waals surface area contributed by atoms with Crippen LogP contribution in [0.25, 0.3) is 0 Å². The van der Waals surface area contributed by atoms with E-state index < -0.39 is 66.6 Å². The van der Waals surface area contributed by atoms with Crippen LogP contribution in [0.4, 0.5) is 5.82 Å². The highest BCUT2D eigenvalue weighted by Crippen LogP contribution is 2.59. The van der Waals surface area contributed by atoms with Crippen LogP contribution in [-0.2, 0) is 34.8 Å². The predicted octanol–water partition coefficient (Wildman–Crippen LogP) is 1.01. The minimum Gasteiger partial charge on any atom is -0.461 e. The summed E-state index contributed by atoms with van der Waals surface area (Å²) < 4.78 is 30.3. The minimum absolute atomic E-state index is 0.0572. The molecule has 15 heteroatoms. The normalized spacial score (nSPS) is 27.0. The molecule has 0 saturated carbocycles. The number of aliphatic hydroxyl groups excluding tert-OH is 2. The van der Waals surface area contributed by atoms with E-state index in [0.29, 0.717) is 0 Å². The molecular weight excluding hydrogens is 525 g/mol. The summed E-state index contributed by atoms with van der Waals surface area (Å²) in [5.41, 5.74) is -2.21. The Hall–Kier alpha value is -2.19. The number of carbonyl (C=O) groups excluding carboxylic acids is 2. The number of nitrogens with one attached hydrogen (secondary N) is 1. The fourth-order valence-electron chi connectivity index (χ4n) is 3.98. The van der Waals surface area contributed by atoms with E-state index in [1.165, 1.54) is 40.8 Å². The molecule has 38 heavy (non-hydrogen) atoms. The van der Waals surface area contributed by atoms with Crippen LogP contribution >= 0.6 is 7.60 Å². The van der Waals surface area contributed by atoms with Crippen molar-refractivity contribution in [2.75, 3.05) is 5.32 Å². The third kappa shape index (κ3) is 6.68. The molecule has 2 rings (SSSR count). The maximum Gasteiger partial charge on any atom is 0.359 e. The molecule has 1 saturated heterocycles. The van der Waals surface area contributed by atoms with Gasteiger partial charge in [-0.25, -0.2) is 4.79 Å². The lowest BCUT2D eigenvalue weighted by atomic mass is 9.82. The van der Waals surface area contributed by atoms with Crippen molar-refractivity contribution in [3.8, 4) is 0 Å². The van der Waals surface area contributed by atoms with Gasteiger partial charge in [0.05, 0.1) is 11.7 Å². The van der Waals surface area contributed by atoms with Crippen molar-refractivity contribution in [2.24, 2.45) is 5.92 Å². The Morgan fingerprint density at radius 3 is 2.34 bits per heavy atom. The van der Waals surface area contributed by atoms with Gasteiger partial charge in [0.25, 0.3) is 0 Å². The first-order valence-electron chi connectivity index (χ1n) is 12.2. The summed E-state index contributed by atoms with van der Waals surface area (Å²) in [7, 11) is -4.57. The lowest BCUT2D eigenvalue weighted by Gasteiger charge is -2.41. The molecule has 1 aromatic heterocycles. The van der Waals surface area contributed by atoms with E-state index in [2.05, 4.69) is 10.3 Å². The van der Waals surface area contributed by atoms with E-state index in [0.717, 1.165) is 4.57 Å². The minimum atomic E-state index is -4.57. The lowest BCUT2D eigenvalue weighted by Crippen LogP contribution is -2.47. The number of hydrogen-bond acceptors (Lipinski definition) is 11. The number of anilines is 1. The molecule has 0 aromatic carbocycles. The standard InChI is InChI=1S/C23H38N3O11P/c1-8-22(6,37-38(33,34)23(7,32)9-2)12(3)18-16(29)17(30)20(36-18)26-10-15(11-35-14(5)28)19(24-13(4)27)25-21(26)31/h10,12,16-18,20,29-30,32H,8-9,11H2,1-7H3,(H,33,34)(H,24,25,27,31). The van der Waals surface area contributed by atoms with Crippen LogP contribution in [0, 0.1) is 5.92 Å². The Labute approximate surface area is 220 Å². The molecule has 2 heterocycles. The number of nitrogens with zero attached hydrogens (tertiary/aromatic N) is 2. The van der Waals surface area contributed by atoms with E-state index in [9.17, 15) is 39.2 Å². The molecule has 1 aromatic rings. The molecule has 8 unspecified atom stereocenters. The number of ether oxygens (including phenoxy) is 2. The highest BCUT2D eigenvalue weighted by atomic mass is 31.2. The van der Waals surface area contributed by atoms with Gasteiger partial charge >= 0.3 is 19.3 Å². The van der Waals surface area contributed by atoms with Crippen LogP contribution in [0.3, 0.4) is 0 Å². The van der Waals surface area contributed by atoms with Crippen molar-refractivity contribution in [2.45, 2.75) is 103 Å². The highest BCUT2D eigenvalue weighted by molar-refractivity contribution is 7.54. The van der Waals surface area contributed by atoms with E-state index in [1.807, 2.05) is 0 Å². The zero-order valence-electron chi connectivity index (χ0n) is 22.6. The van der Waals surface area contributed by atoms with Gasteiger partial charge < -0.3 is 35.0 Å². The van der Waals surface area contributed by atoms with Gasteiger partial charge in [0.2, 0.25) is 5.91 Å². The predicted molar refractivity (Wildman–Crippen MR) is 134 cm³/mol. The smallest absolute Gasteiger partial charge is 0.359 e. The SMILES string of the molecule is CCC(C)(OP(=O)(O)C(C)(O)CC)C(C)C1OC(n2cc(COC(C)=O)c(NC(C)=O)nc2=O)C(O)C1O. The highest BCUT2D eigenvalue weighted by Gasteiger charge is 2.54. The van der Waals surface area contributed by atoms with E-state index in [1.54, 1.807) is 13.8 Å². The molecule has 0 bridgehead atoms. The van der Waals surface area contributed by atoms with Gasteiger partial charge in [0, 0.05) is 31.5 Å². The van der Waals surface area contributed by atoms with Crippen molar-refractivity contribution < 1.29 is 48.4 Å². The number of amides is 1. The topological polar surface area (TPSA) is 207 Å². The largest absolute Gasteiger partial charge is 0.461 e. The molecule has 8 atom stereocenters. The monoisotopic (exact) mass is 563 g/mol. The maximum absolute atomic E-state index is 12.9. The van der Waals surface area contributed by atoms with Crippen LogP contribution in [0.5, 0.6) is 0 Å². The van der Waals surface area contributed by atoms with Crippen LogP contribution < -0.4 is 11.0 Å². The van der Waals surface area contributed by atoms with Gasteiger partial charge in [-0.05, 0) is 26.7 Å². The van der Waals surface area contributed by atoms with Gasteiger partial charge in [-0.1, -0.05) is 20.8 Å². The van der Waals surface area contributed by atoms with Gasteiger partial charge in [-0.15, -0.1) is 0 Å². The van der Waals surface area contributed by atoms with Gasteiger partial charge in [0.1, 0.15) is 24.6 Å². The van der Waals surface area contributed by atoms with Crippen LogP contribution in [-0.4, -0.2) is 70.9 Å². The number of carbonyl (C=O) groups is 2. The Morgan fingerprint density at radius 1 is 1.24 bits per heavy atom. The first-order valence-corrected chi connectivity index (χ1v) is 13.8. The number of aliphatic hydroxyl groups is 3. The Kier molecular flexibility index (Phi) is 10.0. The number of aromatic nitrogens is 2. The molecular formula is C23H38N3O11P. The Balaban J connectivity index is 2.44. The van der Waals surface area contributed by atoms with Crippen molar-refractivity contribution >= 4 is 25.3 Å². The molecule has 1 aliphatic heterocycles. The van der Waals surface area contributed by atoms with Crippen LogP contribution in [0.15, 0.2) is 11.0 Å². The average Bonchev–Trinajstić information content (AvgIpc) is 3.11. The second-order valence-electron chi connectivity index (χ2n) is 9.88. The van der Waals surface area contributed by atoms with E-state index >= 15 is 0 Å². The van der Waals surface area contributed by atoms with Crippen molar-refractivity contribution in [1.82, 2.24) is 9.55 Å². The van der Waals surface area contributed by atoms with Crippen molar-refractivity contribution in [3.05, 3.63) is 22.2 Å². The fourth-order valence-corrected chi connectivity index (χ4v) is 5.44. The van der Waals surface area contributed by atoms with Crippen LogP contribution in [0.1, 0.15) is 73.1 Å². The second-order valence-corrected chi connectivity index (χ2v) is 12.1. The third-order valence-corrected chi connectivity index (χ3v) is 9.27. The fraction of sp³-hybridized carbons (Fsp3) is 0.739. The summed E-state index contributed by atoms with van der Waals surface area (Å²) in [5, 5.41) is 32.4. The molecule has 0 spiro atoms. The van der Waals surface area contributed by atoms with E-state index in [4.69, 9.17) is 14.0 Å². The summed E-state index contributed by atoms with van der Waals surface area (Å²) in [4.78, 5) is 50.0. The Morgan fingerprint density at radius 2 is 1.84 bits per heavy atom. The maximum atomic E-state index is 12.9. The van der Waals surface area contributed by atoms with Crippen molar-refractivity contribution in [1.29, 1.82) is 0 Å². The summed E-state index contributed by atoms with van der Waals surface area (Å²) >= 11 is 0. The quantitative estimate of drug-likeness (QED) is 0.189. The molecule has 1 fully saturated rings. The molecule has 1 amide bonds. The van der Waals surface area contributed by atoms with Crippen molar-refractivity contribution in [3.63, 3.8) is 0 Å². The zero-order chi connectivity index (χ0) is 29.2. The molecule has 0 radical (unpaired) electrons. The summed E-state index contributed by atoms with van der Waals surface area (Å²) in [6.07, 6.45) is -4.49. The molecule has 5 N–H and O–H groups in total. The lowest BCUT2D eigenvalue weighted by molar-refractivity contribution is -0.142. The average molecular weight is 564 g/mol. The summed E-state index contributed by atoms with van der Waals surface area (Å²) in [5.74, 6) is -2.12. The third-order valence-electron chi connectivity index (χ3n) is 7.07. The summed E-state index contributed by atoms with van der Waals surface area (Å²) in [6, 6.07) is 0. The van der Waals surface area contributed by atoms with Gasteiger partial charge in [0.15, 0.2) is 11.6 Å². The van der Waals surface area contributed by atoms with Crippen LogP contribution in [0.2, 0.25) is 0 Å². The Bertz CT molecular complexity index is 1140. The van der Waals surface area contributed by atoms with Gasteiger partial charge in [-0.2, -0.15) is 4.98 Å². The summed E-state index contributed by atoms with van der Waals surface area (Å²) in [6.45, 7) is 9.53. The second kappa shape index (κ2) is 11.9. The van der Waals surface area contributed by atoms with E-state index in [-0.39, 0.29) is 30.8 Å². The molecule has 216 valence electrons. The molecule has 0 aliphatic carbocycles. The zero-order valence-corrected chi connectivity index (χ0v) is 23.5.